The van der Waals surface area contributed by atoms with Gasteiger partial charge >= 0.3 is 0 Å². The van der Waals surface area contributed by atoms with Crippen LogP contribution in [-0.2, 0) is 4.74 Å². The number of nitrogens with zero attached hydrogens (tertiary/aromatic N) is 3. The van der Waals surface area contributed by atoms with Crippen molar-refractivity contribution in [2.75, 3.05) is 18.0 Å². The van der Waals surface area contributed by atoms with Gasteiger partial charge in [0.1, 0.15) is 11.6 Å². The lowest BCUT2D eigenvalue weighted by atomic mass is 10.1. The van der Waals surface area contributed by atoms with E-state index in [4.69, 9.17) is 10.00 Å². The summed E-state index contributed by atoms with van der Waals surface area (Å²) in [4.78, 5) is 12.6. The van der Waals surface area contributed by atoms with Crippen LogP contribution in [0, 0.1) is 21.4 Å². The zero-order valence-electron chi connectivity index (χ0n) is 10.3. The Morgan fingerprint density at radius 1 is 1.37 bits per heavy atom. The molecule has 2 unspecified atom stereocenters. The summed E-state index contributed by atoms with van der Waals surface area (Å²) in [5.74, 6) is 0. The van der Waals surface area contributed by atoms with Crippen LogP contribution in [0.4, 0.5) is 11.4 Å². The molecule has 0 aliphatic carbocycles. The first-order chi connectivity index (χ1) is 9.17. The summed E-state index contributed by atoms with van der Waals surface area (Å²) in [6.07, 6.45) is 2.57. The molecule has 2 bridgehead atoms. The molecule has 2 aliphatic heterocycles. The van der Waals surface area contributed by atoms with Crippen LogP contribution in [0.25, 0.3) is 0 Å². The summed E-state index contributed by atoms with van der Waals surface area (Å²) >= 11 is 0. The van der Waals surface area contributed by atoms with Crippen molar-refractivity contribution in [3.05, 3.63) is 33.9 Å². The number of anilines is 1. The Labute approximate surface area is 110 Å². The molecule has 0 amide bonds. The number of morpholine rings is 1. The van der Waals surface area contributed by atoms with E-state index in [2.05, 4.69) is 4.90 Å². The van der Waals surface area contributed by atoms with Gasteiger partial charge in [-0.05, 0) is 25.0 Å². The van der Waals surface area contributed by atoms with Crippen molar-refractivity contribution in [3.63, 3.8) is 0 Å². The first-order valence-corrected chi connectivity index (χ1v) is 6.26. The van der Waals surface area contributed by atoms with Gasteiger partial charge in [-0.25, -0.2) is 0 Å². The second-order valence-electron chi connectivity index (χ2n) is 4.93. The van der Waals surface area contributed by atoms with Crippen LogP contribution in [0.2, 0.25) is 0 Å². The maximum Gasteiger partial charge on any atom is 0.289 e. The van der Waals surface area contributed by atoms with Crippen LogP contribution in [0.1, 0.15) is 18.4 Å². The zero-order chi connectivity index (χ0) is 13.4. The summed E-state index contributed by atoms with van der Waals surface area (Å²) in [5, 5.41) is 19.8. The van der Waals surface area contributed by atoms with E-state index in [9.17, 15) is 10.1 Å². The van der Waals surface area contributed by atoms with E-state index in [-0.39, 0.29) is 23.5 Å². The highest BCUT2D eigenvalue weighted by Crippen LogP contribution is 2.32. The first-order valence-electron chi connectivity index (χ1n) is 6.26. The number of nitro benzene ring substituents is 1. The van der Waals surface area contributed by atoms with E-state index in [1.807, 2.05) is 6.07 Å². The molecule has 6 heteroatoms. The minimum Gasteiger partial charge on any atom is -0.371 e. The third-order valence-corrected chi connectivity index (χ3v) is 3.71. The number of nitriles is 1. The van der Waals surface area contributed by atoms with E-state index in [1.54, 1.807) is 6.07 Å². The molecule has 19 heavy (non-hydrogen) atoms. The first kappa shape index (κ1) is 11.9. The Bertz CT molecular complexity index is 555. The van der Waals surface area contributed by atoms with Crippen molar-refractivity contribution in [1.82, 2.24) is 0 Å². The minimum absolute atomic E-state index is 0.102. The predicted molar refractivity (Wildman–Crippen MR) is 67.9 cm³/mol. The largest absolute Gasteiger partial charge is 0.371 e. The van der Waals surface area contributed by atoms with Crippen LogP contribution in [0.15, 0.2) is 18.2 Å². The second kappa shape index (κ2) is 4.52. The van der Waals surface area contributed by atoms with Gasteiger partial charge in [0.15, 0.2) is 0 Å². The van der Waals surface area contributed by atoms with E-state index < -0.39 is 4.92 Å². The van der Waals surface area contributed by atoms with Gasteiger partial charge in [0.2, 0.25) is 0 Å². The van der Waals surface area contributed by atoms with E-state index >= 15 is 0 Å². The Hall–Kier alpha value is -2.13. The fraction of sp³-hybridized carbons (Fsp3) is 0.462. The SMILES string of the molecule is N#Cc1ccc(N2CC3CCC(C2)O3)cc1[N+](=O)[O-]. The van der Waals surface area contributed by atoms with Crippen molar-refractivity contribution in [3.8, 4) is 6.07 Å². The van der Waals surface area contributed by atoms with E-state index in [0.717, 1.165) is 31.6 Å². The Kier molecular flexibility index (Phi) is 2.84. The maximum atomic E-state index is 11.0. The lowest BCUT2D eigenvalue weighted by molar-refractivity contribution is -0.385. The maximum absolute atomic E-state index is 11.0. The molecule has 0 spiro atoms. The molecule has 3 rings (SSSR count). The summed E-state index contributed by atoms with van der Waals surface area (Å²) in [6, 6.07) is 6.63. The molecule has 2 fully saturated rings. The molecular weight excluding hydrogens is 246 g/mol. The van der Waals surface area contributed by atoms with Gasteiger partial charge < -0.3 is 9.64 Å². The Balaban J connectivity index is 1.91. The van der Waals surface area contributed by atoms with Gasteiger partial charge in [-0.1, -0.05) is 0 Å². The highest BCUT2D eigenvalue weighted by Gasteiger charge is 2.34. The van der Waals surface area contributed by atoms with Crippen molar-refractivity contribution < 1.29 is 9.66 Å². The number of nitro groups is 1. The number of fused-ring (bicyclic) bond motifs is 2. The molecule has 2 heterocycles. The number of hydrogen-bond donors (Lipinski definition) is 0. The highest BCUT2D eigenvalue weighted by atomic mass is 16.6. The van der Waals surface area contributed by atoms with Crippen LogP contribution < -0.4 is 4.90 Å². The fourth-order valence-corrected chi connectivity index (χ4v) is 2.79. The molecule has 1 aromatic carbocycles. The van der Waals surface area contributed by atoms with Gasteiger partial charge in [0, 0.05) is 24.8 Å². The van der Waals surface area contributed by atoms with Gasteiger partial charge in [0.05, 0.1) is 17.1 Å². The van der Waals surface area contributed by atoms with Gasteiger partial charge in [0.25, 0.3) is 5.69 Å². The second-order valence-corrected chi connectivity index (χ2v) is 4.93. The van der Waals surface area contributed by atoms with Crippen LogP contribution in [0.3, 0.4) is 0 Å². The summed E-state index contributed by atoms with van der Waals surface area (Å²) < 4.78 is 5.74. The van der Waals surface area contributed by atoms with Gasteiger partial charge in [-0.15, -0.1) is 0 Å². The molecule has 0 aromatic heterocycles. The lowest BCUT2D eigenvalue weighted by Gasteiger charge is -2.33. The molecule has 2 atom stereocenters. The number of ether oxygens (including phenoxy) is 1. The molecule has 0 saturated carbocycles. The molecular formula is C13H13N3O3. The van der Waals surface area contributed by atoms with Gasteiger partial charge in [-0.2, -0.15) is 5.26 Å². The third kappa shape index (κ3) is 2.13. The average molecular weight is 259 g/mol. The van der Waals surface area contributed by atoms with Gasteiger partial charge in [-0.3, -0.25) is 10.1 Å². The fourth-order valence-electron chi connectivity index (χ4n) is 2.79. The topological polar surface area (TPSA) is 79.4 Å². The Morgan fingerprint density at radius 3 is 2.63 bits per heavy atom. The molecule has 0 radical (unpaired) electrons. The normalized spacial score (nSPS) is 25.1. The quantitative estimate of drug-likeness (QED) is 0.598. The number of benzene rings is 1. The molecule has 2 aliphatic rings. The molecule has 98 valence electrons. The van der Waals surface area contributed by atoms with Crippen LogP contribution in [0.5, 0.6) is 0 Å². The van der Waals surface area contributed by atoms with E-state index in [0.29, 0.717) is 0 Å². The van der Waals surface area contributed by atoms with Crippen molar-refractivity contribution in [2.24, 2.45) is 0 Å². The molecule has 0 N–H and O–H groups in total. The van der Waals surface area contributed by atoms with Crippen molar-refractivity contribution in [1.29, 1.82) is 5.26 Å². The van der Waals surface area contributed by atoms with E-state index in [1.165, 1.54) is 12.1 Å². The number of hydrogen-bond acceptors (Lipinski definition) is 5. The summed E-state index contributed by atoms with van der Waals surface area (Å²) in [6.45, 7) is 1.53. The number of rotatable bonds is 2. The minimum atomic E-state index is -0.503. The summed E-state index contributed by atoms with van der Waals surface area (Å²) in [5.41, 5.74) is 0.773. The van der Waals surface area contributed by atoms with Crippen LogP contribution in [-0.4, -0.2) is 30.2 Å². The summed E-state index contributed by atoms with van der Waals surface area (Å²) in [7, 11) is 0. The molecule has 6 nitrogen and oxygen atoms in total. The zero-order valence-corrected chi connectivity index (χ0v) is 10.3. The average Bonchev–Trinajstić information content (AvgIpc) is 2.76. The standard InChI is InChI=1S/C13H13N3O3/c14-6-9-1-2-10(5-13(9)16(17)18)15-7-11-3-4-12(8-15)19-11/h1-2,5,11-12H,3-4,7-8H2. The van der Waals surface area contributed by atoms with Crippen molar-refractivity contribution >= 4 is 11.4 Å². The Morgan fingerprint density at radius 2 is 2.05 bits per heavy atom. The molecule has 2 saturated heterocycles. The molecule has 1 aromatic rings. The third-order valence-electron chi connectivity index (χ3n) is 3.71. The highest BCUT2D eigenvalue weighted by molar-refractivity contribution is 5.60. The predicted octanol–water partition coefficient (Wildman–Crippen LogP) is 1.83. The lowest BCUT2D eigenvalue weighted by Crippen LogP contribution is -2.42. The van der Waals surface area contributed by atoms with Crippen LogP contribution >= 0.6 is 0 Å². The monoisotopic (exact) mass is 259 g/mol. The van der Waals surface area contributed by atoms with Crippen molar-refractivity contribution in [2.45, 2.75) is 25.0 Å². The smallest absolute Gasteiger partial charge is 0.289 e.